The molecule has 5 nitrogen and oxygen atoms in total. The maximum atomic E-state index is 12.0. The SMILES string of the molecule is CSCCc1ccc(NC(=O)NCC(C)(O)c2ccc(C)o2)cc1. The minimum absolute atomic E-state index is 0.0532. The molecule has 0 saturated heterocycles. The first-order valence-electron chi connectivity index (χ1n) is 7.83. The normalized spacial score (nSPS) is 13.3. The maximum absolute atomic E-state index is 12.0. The summed E-state index contributed by atoms with van der Waals surface area (Å²) in [6, 6.07) is 10.9. The van der Waals surface area contributed by atoms with E-state index in [0.29, 0.717) is 11.4 Å². The minimum atomic E-state index is -1.26. The van der Waals surface area contributed by atoms with Crippen molar-refractivity contribution in [3.8, 4) is 0 Å². The number of hydrogen-bond donors (Lipinski definition) is 3. The largest absolute Gasteiger partial charge is 0.463 e. The quantitative estimate of drug-likeness (QED) is 0.716. The van der Waals surface area contributed by atoms with Crippen molar-refractivity contribution in [3.05, 3.63) is 53.5 Å². The molecule has 0 fully saturated rings. The van der Waals surface area contributed by atoms with Crippen LogP contribution in [0.25, 0.3) is 0 Å². The number of aryl methyl sites for hydroxylation is 2. The van der Waals surface area contributed by atoms with Gasteiger partial charge in [0, 0.05) is 5.69 Å². The van der Waals surface area contributed by atoms with Crippen molar-refractivity contribution in [2.45, 2.75) is 25.9 Å². The Bertz CT molecular complexity index is 665. The Morgan fingerprint density at radius 2 is 1.96 bits per heavy atom. The third kappa shape index (κ3) is 5.32. The molecule has 1 aromatic carbocycles. The number of benzene rings is 1. The molecule has 0 bridgehead atoms. The summed E-state index contributed by atoms with van der Waals surface area (Å²) in [5, 5.41) is 15.8. The van der Waals surface area contributed by atoms with Crippen LogP contribution in [0.4, 0.5) is 10.5 Å². The molecule has 1 atom stereocenters. The second kappa shape index (κ2) is 8.26. The number of carbonyl (C=O) groups is 1. The monoisotopic (exact) mass is 348 g/mol. The predicted molar refractivity (Wildman–Crippen MR) is 98.6 cm³/mol. The van der Waals surface area contributed by atoms with Gasteiger partial charge in [-0.05, 0) is 62.1 Å². The Kier molecular flexibility index (Phi) is 6.34. The molecule has 0 aliphatic rings. The highest BCUT2D eigenvalue weighted by Crippen LogP contribution is 2.22. The third-order valence-corrected chi connectivity index (χ3v) is 4.28. The summed E-state index contributed by atoms with van der Waals surface area (Å²) in [6.45, 7) is 3.46. The Morgan fingerprint density at radius 1 is 1.25 bits per heavy atom. The van der Waals surface area contributed by atoms with Gasteiger partial charge in [0.05, 0.1) is 6.54 Å². The van der Waals surface area contributed by atoms with Crippen LogP contribution in [-0.2, 0) is 12.0 Å². The van der Waals surface area contributed by atoms with Crippen molar-refractivity contribution in [3.63, 3.8) is 0 Å². The topological polar surface area (TPSA) is 74.5 Å². The number of anilines is 1. The van der Waals surface area contributed by atoms with Crippen molar-refractivity contribution in [1.82, 2.24) is 5.32 Å². The Hall–Kier alpha value is -1.92. The average molecular weight is 348 g/mol. The van der Waals surface area contributed by atoms with Crippen LogP contribution in [0.1, 0.15) is 24.0 Å². The fourth-order valence-electron chi connectivity index (χ4n) is 2.21. The van der Waals surface area contributed by atoms with Crippen LogP contribution in [0, 0.1) is 6.92 Å². The number of rotatable bonds is 7. The first-order valence-corrected chi connectivity index (χ1v) is 9.22. The van der Waals surface area contributed by atoms with Gasteiger partial charge in [-0.3, -0.25) is 0 Å². The summed E-state index contributed by atoms with van der Waals surface area (Å²) >= 11 is 1.81. The molecule has 6 heteroatoms. The smallest absolute Gasteiger partial charge is 0.319 e. The molecule has 0 spiro atoms. The van der Waals surface area contributed by atoms with Gasteiger partial charge < -0.3 is 20.2 Å². The number of furan rings is 1. The number of urea groups is 1. The van der Waals surface area contributed by atoms with E-state index >= 15 is 0 Å². The van der Waals surface area contributed by atoms with Gasteiger partial charge in [-0.15, -0.1) is 0 Å². The van der Waals surface area contributed by atoms with Gasteiger partial charge in [0.1, 0.15) is 17.1 Å². The van der Waals surface area contributed by atoms with Gasteiger partial charge in [-0.2, -0.15) is 11.8 Å². The number of nitrogens with one attached hydrogen (secondary N) is 2. The molecule has 2 amide bonds. The fraction of sp³-hybridized carbons (Fsp3) is 0.389. The third-order valence-electron chi connectivity index (χ3n) is 3.67. The van der Waals surface area contributed by atoms with Gasteiger partial charge in [-0.1, -0.05) is 12.1 Å². The van der Waals surface area contributed by atoms with E-state index in [1.54, 1.807) is 19.1 Å². The molecule has 2 rings (SSSR count). The van der Waals surface area contributed by atoms with Gasteiger partial charge in [0.2, 0.25) is 0 Å². The number of aliphatic hydroxyl groups is 1. The van der Waals surface area contributed by atoms with Gasteiger partial charge in [0.25, 0.3) is 0 Å². The van der Waals surface area contributed by atoms with Gasteiger partial charge >= 0.3 is 6.03 Å². The van der Waals surface area contributed by atoms with Gasteiger partial charge in [0.15, 0.2) is 0 Å². The van der Waals surface area contributed by atoms with Crippen molar-refractivity contribution < 1.29 is 14.3 Å². The van der Waals surface area contributed by atoms with Crippen LogP contribution < -0.4 is 10.6 Å². The molecule has 1 heterocycles. The van der Waals surface area contributed by atoms with E-state index < -0.39 is 5.60 Å². The predicted octanol–water partition coefficient (Wildman–Crippen LogP) is 3.52. The lowest BCUT2D eigenvalue weighted by Gasteiger charge is -2.21. The first kappa shape index (κ1) is 18.4. The highest BCUT2D eigenvalue weighted by atomic mass is 32.2. The van der Waals surface area contributed by atoms with E-state index in [1.807, 2.05) is 43.0 Å². The fourth-order valence-corrected chi connectivity index (χ4v) is 2.65. The molecule has 3 N–H and O–H groups in total. The van der Waals surface area contributed by atoms with Crippen LogP contribution in [0.5, 0.6) is 0 Å². The lowest BCUT2D eigenvalue weighted by atomic mass is 10.0. The molecular formula is C18H24N2O3S. The lowest BCUT2D eigenvalue weighted by molar-refractivity contribution is 0.0364. The van der Waals surface area contributed by atoms with Crippen molar-refractivity contribution >= 4 is 23.5 Å². The van der Waals surface area contributed by atoms with E-state index in [9.17, 15) is 9.90 Å². The van der Waals surface area contributed by atoms with Gasteiger partial charge in [-0.25, -0.2) is 4.79 Å². The first-order chi connectivity index (χ1) is 11.4. The number of carbonyl (C=O) groups excluding carboxylic acids is 1. The molecular weight excluding hydrogens is 324 g/mol. The van der Waals surface area contributed by atoms with Crippen LogP contribution in [0.3, 0.4) is 0 Å². The summed E-state index contributed by atoms with van der Waals surface area (Å²) in [5.74, 6) is 2.23. The number of thioether (sulfide) groups is 1. The van der Waals surface area contributed by atoms with E-state index in [-0.39, 0.29) is 12.6 Å². The second-order valence-electron chi connectivity index (χ2n) is 5.93. The zero-order valence-electron chi connectivity index (χ0n) is 14.3. The molecule has 0 saturated carbocycles. The van der Waals surface area contributed by atoms with E-state index in [4.69, 9.17) is 4.42 Å². The molecule has 130 valence electrons. The molecule has 1 aromatic heterocycles. The minimum Gasteiger partial charge on any atom is -0.463 e. The average Bonchev–Trinajstić information content (AvgIpc) is 3.00. The van der Waals surface area contributed by atoms with E-state index in [1.165, 1.54) is 5.56 Å². The second-order valence-corrected chi connectivity index (χ2v) is 6.92. The van der Waals surface area contributed by atoms with E-state index in [0.717, 1.165) is 17.9 Å². The molecule has 24 heavy (non-hydrogen) atoms. The summed E-state index contributed by atoms with van der Waals surface area (Å²) in [5.41, 5.74) is 0.702. The summed E-state index contributed by atoms with van der Waals surface area (Å²) < 4.78 is 5.42. The number of hydrogen-bond acceptors (Lipinski definition) is 4. The van der Waals surface area contributed by atoms with Crippen molar-refractivity contribution in [1.29, 1.82) is 0 Å². The summed E-state index contributed by atoms with van der Waals surface area (Å²) in [6.07, 6.45) is 3.10. The Morgan fingerprint density at radius 3 is 2.54 bits per heavy atom. The standard InChI is InChI=1S/C18H24N2O3S/c1-13-4-9-16(23-13)18(2,22)12-19-17(21)20-15-7-5-14(6-8-15)10-11-24-3/h4-9,22H,10-12H2,1-3H3,(H2,19,20,21). The van der Waals surface area contributed by atoms with Crippen LogP contribution in [0.15, 0.2) is 40.8 Å². The zero-order chi connectivity index (χ0) is 17.6. The van der Waals surface area contributed by atoms with Crippen LogP contribution in [-0.4, -0.2) is 29.7 Å². The highest BCUT2D eigenvalue weighted by Gasteiger charge is 2.27. The highest BCUT2D eigenvalue weighted by molar-refractivity contribution is 7.98. The maximum Gasteiger partial charge on any atom is 0.319 e. The summed E-state index contributed by atoms with van der Waals surface area (Å²) in [4.78, 5) is 12.0. The zero-order valence-corrected chi connectivity index (χ0v) is 15.1. The Balaban J connectivity index is 1.84. The van der Waals surface area contributed by atoms with E-state index in [2.05, 4.69) is 16.9 Å². The van der Waals surface area contributed by atoms with Crippen LogP contribution in [0.2, 0.25) is 0 Å². The molecule has 0 aliphatic carbocycles. The van der Waals surface area contributed by atoms with Crippen molar-refractivity contribution in [2.24, 2.45) is 0 Å². The molecule has 1 unspecified atom stereocenters. The molecule has 2 aromatic rings. The number of amides is 2. The lowest BCUT2D eigenvalue weighted by Crippen LogP contribution is -2.40. The van der Waals surface area contributed by atoms with Crippen LogP contribution >= 0.6 is 11.8 Å². The van der Waals surface area contributed by atoms with Crippen molar-refractivity contribution in [2.75, 3.05) is 23.9 Å². The molecule has 0 radical (unpaired) electrons. The molecule has 0 aliphatic heterocycles. The summed E-state index contributed by atoms with van der Waals surface area (Å²) in [7, 11) is 0. The Labute approximate surface area is 146 Å².